The molecule has 2 N–H and O–H groups in total. The zero-order valence-corrected chi connectivity index (χ0v) is 9.13. The van der Waals surface area contributed by atoms with Crippen molar-refractivity contribution in [3.05, 3.63) is 11.6 Å². The fourth-order valence-electron chi connectivity index (χ4n) is 0.863. The molecule has 0 aliphatic heterocycles. The van der Waals surface area contributed by atoms with Gasteiger partial charge in [0.1, 0.15) is 5.82 Å². The van der Waals surface area contributed by atoms with Crippen LogP contribution in [0.1, 0.15) is 36.2 Å². The zero-order chi connectivity index (χ0) is 13.1. The van der Waals surface area contributed by atoms with Crippen LogP contribution in [0.5, 0.6) is 0 Å². The van der Waals surface area contributed by atoms with Crippen molar-refractivity contribution in [1.29, 1.82) is 0 Å². The van der Waals surface area contributed by atoms with Gasteiger partial charge in [-0.2, -0.15) is 13.2 Å². The molecule has 96 valence electrons. The summed E-state index contributed by atoms with van der Waals surface area (Å²) in [4.78, 5) is 19.0. The second-order valence-electron chi connectivity index (χ2n) is 3.53. The van der Waals surface area contributed by atoms with Gasteiger partial charge in [-0.25, -0.2) is 10.5 Å². The van der Waals surface area contributed by atoms with E-state index in [-0.39, 0.29) is 11.7 Å². The number of hydrogen-bond donors (Lipinski definition) is 2. The Morgan fingerprint density at radius 2 is 2.18 bits per heavy atom. The number of hydroxylamine groups is 1. The summed E-state index contributed by atoms with van der Waals surface area (Å²) in [6, 6.07) is 0. The largest absolute Gasteiger partial charge is 0.414 e. The minimum atomic E-state index is -4.50. The van der Waals surface area contributed by atoms with Gasteiger partial charge in [0, 0.05) is 5.92 Å². The van der Waals surface area contributed by atoms with Crippen LogP contribution in [0.15, 0.2) is 0 Å². The van der Waals surface area contributed by atoms with E-state index in [0.29, 0.717) is 5.82 Å². The average molecular weight is 252 g/mol. The predicted octanol–water partition coefficient (Wildman–Crippen LogP) is 1.15. The first-order valence-corrected chi connectivity index (χ1v) is 4.71. The number of amides is 1. The van der Waals surface area contributed by atoms with Gasteiger partial charge in [0.25, 0.3) is 0 Å². The maximum Gasteiger partial charge on any atom is 0.414 e. The summed E-state index contributed by atoms with van der Waals surface area (Å²) in [5, 5.41) is 6.04. The van der Waals surface area contributed by atoms with Crippen molar-refractivity contribution in [2.45, 2.75) is 25.9 Å². The third-order valence-electron chi connectivity index (χ3n) is 1.65. The highest BCUT2D eigenvalue weighted by molar-refractivity contribution is 5.89. The Kier molecular flexibility index (Phi) is 4.05. The molecule has 1 heterocycles. The Balaban J connectivity index is 2.47. The zero-order valence-electron chi connectivity index (χ0n) is 9.13. The SMILES string of the molecule is CC(C)c1nc(C(=O)NOCC(F)(F)F)n[nH]1. The highest BCUT2D eigenvalue weighted by Crippen LogP contribution is 2.13. The summed E-state index contributed by atoms with van der Waals surface area (Å²) >= 11 is 0. The highest BCUT2D eigenvalue weighted by Gasteiger charge is 2.28. The number of halogens is 3. The summed E-state index contributed by atoms with van der Waals surface area (Å²) in [5.41, 5.74) is 1.60. The molecule has 6 nitrogen and oxygen atoms in total. The normalized spacial score (nSPS) is 11.9. The monoisotopic (exact) mass is 252 g/mol. The van der Waals surface area contributed by atoms with Gasteiger partial charge >= 0.3 is 12.1 Å². The van der Waals surface area contributed by atoms with Gasteiger partial charge in [0.15, 0.2) is 6.61 Å². The number of hydrogen-bond acceptors (Lipinski definition) is 4. The molecular formula is C8H11F3N4O2. The Morgan fingerprint density at radius 3 is 2.65 bits per heavy atom. The van der Waals surface area contributed by atoms with Crippen LogP contribution < -0.4 is 5.48 Å². The fraction of sp³-hybridized carbons (Fsp3) is 0.625. The highest BCUT2D eigenvalue weighted by atomic mass is 19.4. The molecule has 0 unspecified atom stereocenters. The first-order chi connectivity index (χ1) is 7.79. The lowest BCUT2D eigenvalue weighted by molar-refractivity contribution is -0.184. The first kappa shape index (κ1) is 13.4. The molecule has 0 saturated heterocycles. The minimum Gasteiger partial charge on any atom is -0.264 e. The van der Waals surface area contributed by atoms with Crippen molar-refractivity contribution in [1.82, 2.24) is 20.7 Å². The third-order valence-corrected chi connectivity index (χ3v) is 1.65. The maximum atomic E-state index is 11.7. The third kappa shape index (κ3) is 4.39. The number of nitrogens with zero attached hydrogens (tertiary/aromatic N) is 2. The van der Waals surface area contributed by atoms with Crippen molar-refractivity contribution >= 4 is 5.91 Å². The number of aromatic amines is 1. The molecule has 0 aromatic carbocycles. The molecule has 9 heteroatoms. The van der Waals surface area contributed by atoms with E-state index in [1.807, 2.05) is 13.8 Å². The van der Waals surface area contributed by atoms with Crippen LogP contribution in [0.2, 0.25) is 0 Å². The summed E-state index contributed by atoms with van der Waals surface area (Å²) in [7, 11) is 0. The number of nitrogens with one attached hydrogen (secondary N) is 2. The Morgan fingerprint density at radius 1 is 1.53 bits per heavy atom. The second-order valence-corrected chi connectivity index (χ2v) is 3.53. The number of carbonyl (C=O) groups is 1. The van der Waals surface area contributed by atoms with E-state index < -0.39 is 18.7 Å². The molecule has 1 aromatic rings. The van der Waals surface area contributed by atoms with Crippen molar-refractivity contribution < 1.29 is 22.8 Å². The van der Waals surface area contributed by atoms with E-state index in [1.54, 1.807) is 5.48 Å². The molecule has 1 rings (SSSR count). The van der Waals surface area contributed by atoms with Crippen molar-refractivity contribution in [3.8, 4) is 0 Å². The van der Waals surface area contributed by atoms with Crippen molar-refractivity contribution in [3.63, 3.8) is 0 Å². The van der Waals surface area contributed by atoms with Crippen molar-refractivity contribution in [2.24, 2.45) is 0 Å². The van der Waals surface area contributed by atoms with E-state index in [4.69, 9.17) is 0 Å². The van der Waals surface area contributed by atoms with E-state index in [1.165, 1.54) is 0 Å². The standard InChI is InChI=1S/C8H11F3N4O2/c1-4(2)5-12-6(14-13-5)7(16)15-17-3-8(9,10)11/h4H,3H2,1-2H3,(H,15,16)(H,12,13,14). The van der Waals surface area contributed by atoms with E-state index in [0.717, 1.165) is 0 Å². The maximum absolute atomic E-state index is 11.7. The number of H-pyrrole nitrogens is 1. The number of carbonyl (C=O) groups excluding carboxylic acids is 1. The molecule has 0 saturated carbocycles. The van der Waals surface area contributed by atoms with Crippen molar-refractivity contribution in [2.75, 3.05) is 6.61 Å². The van der Waals surface area contributed by atoms with Crippen LogP contribution >= 0.6 is 0 Å². The van der Waals surface area contributed by atoms with Gasteiger partial charge in [-0.05, 0) is 0 Å². The molecule has 0 aliphatic carbocycles. The summed E-state index contributed by atoms with van der Waals surface area (Å²) in [5.74, 6) is -0.709. The molecule has 0 fully saturated rings. The quantitative estimate of drug-likeness (QED) is 0.788. The van der Waals surface area contributed by atoms with Crippen LogP contribution in [-0.2, 0) is 4.84 Å². The van der Waals surface area contributed by atoms with Crippen LogP contribution in [0.25, 0.3) is 0 Å². The van der Waals surface area contributed by atoms with E-state index in [2.05, 4.69) is 20.0 Å². The number of alkyl halides is 3. The van der Waals surface area contributed by atoms with E-state index in [9.17, 15) is 18.0 Å². The summed E-state index contributed by atoms with van der Waals surface area (Å²) < 4.78 is 35.1. The molecule has 1 aromatic heterocycles. The van der Waals surface area contributed by atoms with Gasteiger partial charge in [0.2, 0.25) is 5.82 Å². The number of rotatable bonds is 4. The average Bonchev–Trinajstić information content (AvgIpc) is 2.63. The topological polar surface area (TPSA) is 79.9 Å². The van der Waals surface area contributed by atoms with Crippen LogP contribution in [0.4, 0.5) is 13.2 Å². The van der Waals surface area contributed by atoms with E-state index >= 15 is 0 Å². The van der Waals surface area contributed by atoms with Crippen LogP contribution in [0, 0.1) is 0 Å². The molecular weight excluding hydrogens is 241 g/mol. The van der Waals surface area contributed by atoms with Gasteiger partial charge < -0.3 is 0 Å². The Labute approximate surface area is 94.5 Å². The molecule has 0 spiro atoms. The summed E-state index contributed by atoms with van der Waals surface area (Å²) in [6.45, 7) is 2.07. The molecule has 0 bridgehead atoms. The second kappa shape index (κ2) is 5.13. The Hall–Kier alpha value is -1.64. The summed E-state index contributed by atoms with van der Waals surface area (Å²) in [6.07, 6.45) is -4.50. The van der Waals surface area contributed by atoms with Gasteiger partial charge in [-0.3, -0.25) is 14.7 Å². The molecule has 17 heavy (non-hydrogen) atoms. The van der Waals surface area contributed by atoms with Gasteiger partial charge in [-0.15, -0.1) is 5.10 Å². The molecule has 0 aliphatic rings. The lowest BCUT2D eigenvalue weighted by Gasteiger charge is -2.06. The molecule has 1 amide bonds. The predicted molar refractivity (Wildman–Crippen MR) is 49.9 cm³/mol. The smallest absolute Gasteiger partial charge is 0.264 e. The first-order valence-electron chi connectivity index (χ1n) is 4.71. The molecule has 0 atom stereocenters. The lowest BCUT2D eigenvalue weighted by Crippen LogP contribution is -2.30. The lowest BCUT2D eigenvalue weighted by atomic mass is 10.2. The van der Waals surface area contributed by atoms with Gasteiger partial charge in [0.05, 0.1) is 0 Å². The minimum absolute atomic E-state index is 0.0279. The van der Waals surface area contributed by atoms with Gasteiger partial charge in [-0.1, -0.05) is 13.8 Å². The number of aromatic nitrogens is 3. The van der Waals surface area contributed by atoms with Crippen LogP contribution in [-0.4, -0.2) is 33.9 Å². The molecule has 0 radical (unpaired) electrons. The Bertz CT molecular complexity index is 388. The van der Waals surface area contributed by atoms with Crippen LogP contribution in [0.3, 0.4) is 0 Å². The fourth-order valence-corrected chi connectivity index (χ4v) is 0.863.